The van der Waals surface area contributed by atoms with Crippen LogP contribution in [0.5, 0.6) is 0 Å². The minimum atomic E-state index is -3.53. The van der Waals surface area contributed by atoms with E-state index in [9.17, 15) is 13.2 Å². The van der Waals surface area contributed by atoms with E-state index in [0.29, 0.717) is 23.6 Å². The maximum absolute atomic E-state index is 13.1. The Hall–Kier alpha value is -2.82. The molecule has 1 aliphatic rings. The van der Waals surface area contributed by atoms with Crippen LogP contribution in [0.25, 0.3) is 11.4 Å². The van der Waals surface area contributed by atoms with Crippen molar-refractivity contribution in [3.8, 4) is 11.4 Å². The average molecular weight is 444 g/mol. The molecular formula is C20H21N5O3S2. The first-order valence-electron chi connectivity index (χ1n) is 9.39. The number of anilines is 1. The number of nitrogens with one attached hydrogen (secondary N) is 2. The Balaban J connectivity index is 1.61. The van der Waals surface area contributed by atoms with Gasteiger partial charge in [0, 0.05) is 17.8 Å². The number of amides is 1. The van der Waals surface area contributed by atoms with Crippen LogP contribution in [0.4, 0.5) is 5.69 Å². The molecule has 10 heteroatoms. The summed E-state index contributed by atoms with van der Waals surface area (Å²) in [5.41, 5.74) is 3.55. The number of aryl methyl sites for hydroxylation is 1. The van der Waals surface area contributed by atoms with E-state index in [-0.39, 0.29) is 17.3 Å². The van der Waals surface area contributed by atoms with Crippen LogP contribution < -0.4 is 9.62 Å². The number of H-pyrrole nitrogens is 1. The van der Waals surface area contributed by atoms with Gasteiger partial charge in [-0.15, -0.1) is 0 Å². The molecule has 8 nitrogen and oxygen atoms in total. The van der Waals surface area contributed by atoms with Gasteiger partial charge < -0.3 is 4.90 Å². The van der Waals surface area contributed by atoms with Crippen LogP contribution in [-0.4, -0.2) is 42.7 Å². The van der Waals surface area contributed by atoms with E-state index in [4.69, 9.17) is 12.2 Å². The number of hydrogen-bond acceptors (Lipinski definition) is 5. The minimum Gasteiger partial charge on any atom is -0.310 e. The largest absolute Gasteiger partial charge is 0.310 e. The first-order valence-corrected chi connectivity index (χ1v) is 11.3. The lowest BCUT2D eigenvalue weighted by atomic mass is 10.1. The van der Waals surface area contributed by atoms with Gasteiger partial charge in [-0.1, -0.05) is 29.8 Å². The molecule has 2 aromatic carbocycles. The van der Waals surface area contributed by atoms with E-state index in [1.54, 1.807) is 21.6 Å². The minimum absolute atomic E-state index is 0.0363. The van der Waals surface area contributed by atoms with Crippen molar-refractivity contribution < 1.29 is 13.2 Å². The number of benzene rings is 2. The summed E-state index contributed by atoms with van der Waals surface area (Å²) >= 11 is 5.34. The molecule has 3 aromatic rings. The highest BCUT2D eigenvalue weighted by Crippen LogP contribution is 2.30. The van der Waals surface area contributed by atoms with Gasteiger partial charge in [-0.2, -0.15) is 5.10 Å². The number of nitrogens with zero attached hydrogens (tertiary/aromatic N) is 3. The Morgan fingerprint density at radius 2 is 1.97 bits per heavy atom. The summed E-state index contributed by atoms with van der Waals surface area (Å²) in [7, 11) is -2.15. The van der Waals surface area contributed by atoms with E-state index in [1.165, 1.54) is 13.1 Å². The van der Waals surface area contributed by atoms with Gasteiger partial charge in [-0.25, -0.2) is 13.1 Å². The van der Waals surface area contributed by atoms with Crippen LogP contribution in [0, 0.1) is 11.7 Å². The molecule has 0 fully saturated rings. The summed E-state index contributed by atoms with van der Waals surface area (Å²) < 4.78 is 28.4. The Bertz CT molecular complexity index is 1280. The molecule has 4 rings (SSSR count). The molecule has 0 atom stereocenters. The molecule has 0 saturated heterocycles. The van der Waals surface area contributed by atoms with Gasteiger partial charge in [0.25, 0.3) is 0 Å². The van der Waals surface area contributed by atoms with Gasteiger partial charge in [-0.3, -0.25) is 14.5 Å². The summed E-state index contributed by atoms with van der Waals surface area (Å²) in [6, 6.07) is 12.7. The smallest absolute Gasteiger partial charge is 0.247 e. The molecule has 156 valence electrons. The third kappa shape index (κ3) is 3.69. The number of carbonyl (C=O) groups excluding carboxylic acids is 1. The highest BCUT2D eigenvalue weighted by atomic mass is 32.2. The van der Waals surface area contributed by atoms with E-state index >= 15 is 0 Å². The highest BCUT2D eigenvalue weighted by molar-refractivity contribution is 7.89. The van der Waals surface area contributed by atoms with Crippen molar-refractivity contribution in [1.29, 1.82) is 0 Å². The van der Waals surface area contributed by atoms with Gasteiger partial charge in [0.05, 0.1) is 4.90 Å². The van der Waals surface area contributed by atoms with Gasteiger partial charge in [0.15, 0.2) is 10.6 Å². The quantitative estimate of drug-likeness (QED) is 0.590. The van der Waals surface area contributed by atoms with Crippen molar-refractivity contribution in [3.63, 3.8) is 0 Å². The second-order valence-corrected chi connectivity index (χ2v) is 9.37. The summed E-state index contributed by atoms with van der Waals surface area (Å²) in [6.07, 6.45) is 0.593. The predicted molar refractivity (Wildman–Crippen MR) is 116 cm³/mol. The molecule has 30 heavy (non-hydrogen) atoms. The molecule has 0 aliphatic carbocycles. The monoisotopic (exact) mass is 443 g/mol. The van der Waals surface area contributed by atoms with Gasteiger partial charge >= 0.3 is 0 Å². The molecule has 0 saturated carbocycles. The van der Waals surface area contributed by atoms with Gasteiger partial charge in [-0.05, 0) is 56.4 Å². The van der Waals surface area contributed by atoms with Gasteiger partial charge in [0.1, 0.15) is 6.54 Å². The number of aromatic amines is 1. The molecule has 2 N–H and O–H groups in total. The summed E-state index contributed by atoms with van der Waals surface area (Å²) in [5, 5.41) is 7.06. The molecule has 1 amide bonds. The maximum Gasteiger partial charge on any atom is 0.247 e. The highest BCUT2D eigenvalue weighted by Gasteiger charge is 2.27. The predicted octanol–water partition coefficient (Wildman–Crippen LogP) is 2.41. The summed E-state index contributed by atoms with van der Waals surface area (Å²) in [6.45, 7) is 2.53. The van der Waals surface area contributed by atoms with Crippen molar-refractivity contribution >= 4 is 33.8 Å². The van der Waals surface area contributed by atoms with Crippen LogP contribution in [0.3, 0.4) is 0 Å². The molecule has 1 aliphatic heterocycles. The number of sulfonamides is 1. The Morgan fingerprint density at radius 1 is 1.23 bits per heavy atom. The maximum atomic E-state index is 13.1. The number of rotatable bonds is 5. The number of fused-ring (bicyclic) bond motifs is 1. The fourth-order valence-electron chi connectivity index (χ4n) is 3.53. The van der Waals surface area contributed by atoms with Crippen LogP contribution in [-0.2, 0) is 27.8 Å². The number of hydrogen-bond donors (Lipinski definition) is 2. The van der Waals surface area contributed by atoms with Crippen molar-refractivity contribution in [2.75, 3.05) is 18.5 Å². The number of carbonyl (C=O) groups is 1. The Labute approximate surface area is 179 Å². The lowest BCUT2D eigenvalue weighted by Gasteiger charge is -2.18. The van der Waals surface area contributed by atoms with E-state index in [1.807, 2.05) is 31.2 Å². The standard InChI is InChI=1S/C20H21N5O3S2/c1-13-3-5-14(6-4-13)19-22-23-20(29)25(19)12-18(26)24-10-9-15-11-16(7-8-17(15)24)30(27,28)21-2/h3-8,11,21H,9-10,12H2,1-2H3,(H,23,29). The zero-order valence-electron chi connectivity index (χ0n) is 16.5. The molecular weight excluding hydrogens is 422 g/mol. The zero-order chi connectivity index (χ0) is 21.5. The normalized spacial score (nSPS) is 13.5. The third-order valence-electron chi connectivity index (χ3n) is 5.19. The number of aromatic nitrogens is 3. The van der Waals surface area contributed by atoms with E-state index < -0.39 is 10.0 Å². The Kier molecular flexibility index (Phi) is 5.31. The van der Waals surface area contributed by atoms with Crippen LogP contribution in [0.1, 0.15) is 11.1 Å². The van der Waals surface area contributed by atoms with E-state index in [2.05, 4.69) is 14.9 Å². The first-order chi connectivity index (χ1) is 14.3. The fourth-order valence-corrected chi connectivity index (χ4v) is 4.51. The van der Waals surface area contributed by atoms with E-state index in [0.717, 1.165) is 22.4 Å². The molecule has 1 aromatic heterocycles. The second kappa shape index (κ2) is 7.78. The fraction of sp³-hybridized carbons (Fsp3) is 0.250. The molecule has 0 spiro atoms. The van der Waals surface area contributed by atoms with Crippen LogP contribution in [0.15, 0.2) is 47.4 Å². The topological polar surface area (TPSA) is 100 Å². The molecule has 0 unspecified atom stereocenters. The van der Waals surface area contributed by atoms with Crippen molar-refractivity contribution in [3.05, 3.63) is 58.4 Å². The van der Waals surface area contributed by atoms with Gasteiger partial charge in [0.2, 0.25) is 15.9 Å². The third-order valence-corrected chi connectivity index (χ3v) is 6.91. The zero-order valence-corrected chi connectivity index (χ0v) is 18.2. The second-order valence-electron chi connectivity index (χ2n) is 7.10. The van der Waals surface area contributed by atoms with Crippen molar-refractivity contribution in [1.82, 2.24) is 19.5 Å². The molecule has 2 heterocycles. The SMILES string of the molecule is CNS(=O)(=O)c1ccc2c(c1)CCN2C(=O)Cn1c(-c2ccc(C)cc2)n[nH]c1=S. The van der Waals surface area contributed by atoms with Crippen LogP contribution in [0.2, 0.25) is 0 Å². The van der Waals surface area contributed by atoms with Crippen molar-refractivity contribution in [2.24, 2.45) is 0 Å². The Morgan fingerprint density at radius 3 is 2.67 bits per heavy atom. The summed E-state index contributed by atoms with van der Waals surface area (Å²) in [5.74, 6) is 0.465. The average Bonchev–Trinajstić information content (AvgIpc) is 3.32. The molecule has 0 radical (unpaired) electrons. The lowest BCUT2D eigenvalue weighted by Crippen LogP contribution is -2.32. The lowest BCUT2D eigenvalue weighted by molar-refractivity contribution is -0.119. The summed E-state index contributed by atoms with van der Waals surface area (Å²) in [4.78, 5) is 14.9. The van der Waals surface area contributed by atoms with Crippen molar-refractivity contribution in [2.45, 2.75) is 24.8 Å². The first kappa shape index (κ1) is 20.5. The molecule has 0 bridgehead atoms. The van der Waals surface area contributed by atoms with Crippen LogP contribution >= 0.6 is 12.2 Å².